The van der Waals surface area contributed by atoms with Gasteiger partial charge in [-0.1, -0.05) is 78.9 Å². The second-order valence-corrected chi connectivity index (χ2v) is 5.92. The lowest BCUT2D eigenvalue weighted by molar-refractivity contribution is 0.0693. The Morgan fingerprint density at radius 3 is 1.54 bits per heavy atom. The number of benzene rings is 3. The summed E-state index contributed by atoms with van der Waals surface area (Å²) in [6, 6.07) is 28.3. The van der Waals surface area contributed by atoms with Gasteiger partial charge in [0.1, 0.15) is 0 Å². The molecule has 24 heavy (non-hydrogen) atoms. The zero-order valence-electron chi connectivity index (χ0n) is 12.9. The van der Waals surface area contributed by atoms with Gasteiger partial charge in [-0.25, -0.2) is 4.79 Å². The fourth-order valence-corrected chi connectivity index (χ4v) is 2.84. The van der Waals surface area contributed by atoms with Crippen molar-refractivity contribution in [1.82, 2.24) is 0 Å². The highest BCUT2D eigenvalue weighted by Crippen LogP contribution is 2.32. The topological polar surface area (TPSA) is 26.3 Å². The molecule has 0 aliphatic heterocycles. The quantitative estimate of drug-likeness (QED) is 0.327. The monoisotopic (exact) mass is 378 g/mol. The van der Waals surface area contributed by atoms with Crippen LogP contribution in [0.3, 0.4) is 0 Å². The Kier molecular flexibility index (Phi) is 5.24. The lowest BCUT2D eigenvalue weighted by Crippen LogP contribution is -2.05. The maximum Gasteiger partial charge on any atom is 0.343 e. The van der Waals surface area contributed by atoms with Gasteiger partial charge in [-0.2, -0.15) is 0 Å². The van der Waals surface area contributed by atoms with Crippen LogP contribution in [0.25, 0.3) is 10.2 Å². The summed E-state index contributed by atoms with van der Waals surface area (Å²) in [5.41, 5.74) is 2.29. The normalized spacial score (nSPS) is 11.5. The molecule has 0 atom stereocenters. The summed E-state index contributed by atoms with van der Waals surface area (Å²) in [4.78, 5) is 12.5. The molecule has 0 saturated heterocycles. The van der Waals surface area contributed by atoms with Crippen LogP contribution in [0.2, 0.25) is 0 Å². The summed E-state index contributed by atoms with van der Waals surface area (Å²) in [6.45, 7) is 0. The first-order valence-corrected chi connectivity index (χ1v) is 8.33. The highest BCUT2D eigenvalue weighted by Gasteiger charge is 2.16. The summed E-state index contributed by atoms with van der Waals surface area (Å²) < 4.78 is 6.47. The predicted molar refractivity (Wildman–Crippen MR) is 100 cm³/mol. The van der Waals surface area contributed by atoms with Crippen molar-refractivity contribution >= 4 is 32.1 Å². The van der Waals surface area contributed by atoms with Crippen molar-refractivity contribution in [2.45, 2.75) is 0 Å². The Labute approximate surface area is 149 Å². The van der Waals surface area contributed by atoms with E-state index in [4.69, 9.17) is 4.74 Å². The van der Waals surface area contributed by atoms with Gasteiger partial charge < -0.3 is 4.74 Å². The van der Waals surface area contributed by atoms with E-state index in [1.54, 1.807) is 12.1 Å². The second-order valence-electron chi connectivity index (χ2n) is 5.13. The zero-order valence-corrected chi connectivity index (χ0v) is 14.4. The van der Waals surface area contributed by atoms with Crippen LogP contribution in [0, 0.1) is 0 Å². The molecule has 3 rings (SSSR count). The number of esters is 1. The first-order valence-electron chi connectivity index (χ1n) is 7.53. The number of ether oxygens (including phenoxy) is 1. The average molecular weight is 379 g/mol. The van der Waals surface area contributed by atoms with Gasteiger partial charge in [-0.15, -0.1) is 0 Å². The summed E-state index contributed by atoms with van der Waals surface area (Å²) in [6.07, 6.45) is 0. The number of halogens is 1. The maximum atomic E-state index is 12.5. The third-order valence-electron chi connectivity index (χ3n) is 3.47. The fraction of sp³-hybridized carbons (Fsp3) is 0. The molecule has 2 nitrogen and oxygen atoms in total. The number of carbonyl (C=O) groups is 1. The maximum absolute atomic E-state index is 12.5. The van der Waals surface area contributed by atoms with Crippen LogP contribution in [0.1, 0.15) is 21.5 Å². The van der Waals surface area contributed by atoms with E-state index in [0.717, 1.165) is 15.6 Å². The third-order valence-corrected chi connectivity index (χ3v) is 4.28. The minimum Gasteiger partial charge on any atom is -0.421 e. The van der Waals surface area contributed by atoms with Gasteiger partial charge in [0, 0.05) is 5.56 Å². The molecule has 0 heterocycles. The molecular weight excluding hydrogens is 364 g/mol. The van der Waals surface area contributed by atoms with Crippen molar-refractivity contribution in [1.29, 1.82) is 0 Å². The molecule has 0 bridgehead atoms. The second kappa shape index (κ2) is 7.75. The summed E-state index contributed by atoms with van der Waals surface area (Å²) >= 11 is 3.59. The van der Waals surface area contributed by atoms with E-state index in [1.807, 2.05) is 78.9 Å². The smallest absolute Gasteiger partial charge is 0.343 e. The highest BCUT2D eigenvalue weighted by atomic mass is 79.9. The molecule has 0 fully saturated rings. The lowest BCUT2D eigenvalue weighted by atomic mass is 10.1. The Morgan fingerprint density at radius 2 is 1.04 bits per heavy atom. The van der Waals surface area contributed by atoms with Crippen molar-refractivity contribution in [3.63, 3.8) is 0 Å². The SMILES string of the molecule is O=C(O/C(=C(\Br)c1ccccc1)c1ccccc1)c1ccccc1. The van der Waals surface area contributed by atoms with Gasteiger partial charge in [0.15, 0.2) is 5.76 Å². The molecule has 0 spiro atoms. The molecular formula is C21H15BrO2. The summed E-state index contributed by atoms with van der Waals surface area (Å²) in [5.74, 6) is 0.109. The van der Waals surface area contributed by atoms with Gasteiger partial charge >= 0.3 is 5.97 Å². The fourth-order valence-electron chi connectivity index (χ4n) is 2.26. The van der Waals surface area contributed by atoms with E-state index in [-0.39, 0.29) is 5.97 Å². The van der Waals surface area contributed by atoms with Crippen LogP contribution in [0.5, 0.6) is 0 Å². The number of hydrogen-bond donors (Lipinski definition) is 0. The molecule has 0 aromatic heterocycles. The van der Waals surface area contributed by atoms with Crippen LogP contribution in [0.4, 0.5) is 0 Å². The predicted octanol–water partition coefficient (Wildman–Crippen LogP) is 5.76. The molecule has 0 aliphatic rings. The number of rotatable bonds is 4. The molecule has 0 aliphatic carbocycles. The van der Waals surface area contributed by atoms with Gasteiger partial charge in [0.2, 0.25) is 0 Å². The standard InChI is InChI=1S/C21H15BrO2/c22-19(16-10-4-1-5-11-16)20(17-12-6-2-7-13-17)24-21(23)18-14-8-3-9-15-18/h1-15H/b20-19-. The Hall–Kier alpha value is -2.65. The minimum absolute atomic E-state index is 0.387. The first-order chi connectivity index (χ1) is 11.8. The van der Waals surface area contributed by atoms with Crippen LogP contribution in [0.15, 0.2) is 91.0 Å². The molecule has 0 saturated carbocycles. The van der Waals surface area contributed by atoms with Gasteiger partial charge in [-0.05, 0) is 33.6 Å². The molecule has 118 valence electrons. The van der Waals surface area contributed by atoms with Crippen LogP contribution in [-0.4, -0.2) is 5.97 Å². The lowest BCUT2D eigenvalue weighted by Gasteiger charge is -2.12. The van der Waals surface area contributed by atoms with E-state index < -0.39 is 0 Å². The molecule has 0 unspecified atom stereocenters. The van der Waals surface area contributed by atoms with E-state index in [9.17, 15) is 4.79 Å². The molecule has 0 N–H and O–H groups in total. The van der Waals surface area contributed by atoms with Gasteiger partial charge in [0.05, 0.1) is 10.0 Å². The minimum atomic E-state index is -0.387. The van der Waals surface area contributed by atoms with Crippen molar-refractivity contribution in [3.8, 4) is 0 Å². The van der Waals surface area contributed by atoms with Crippen LogP contribution >= 0.6 is 15.9 Å². The van der Waals surface area contributed by atoms with Crippen LogP contribution in [-0.2, 0) is 4.74 Å². The van der Waals surface area contributed by atoms with Crippen molar-refractivity contribution in [2.75, 3.05) is 0 Å². The van der Waals surface area contributed by atoms with E-state index in [2.05, 4.69) is 15.9 Å². The molecule has 3 heteroatoms. The Balaban J connectivity index is 2.02. The van der Waals surface area contributed by atoms with E-state index in [1.165, 1.54) is 0 Å². The van der Waals surface area contributed by atoms with Crippen LogP contribution < -0.4 is 0 Å². The third kappa shape index (κ3) is 3.81. The highest BCUT2D eigenvalue weighted by molar-refractivity contribution is 9.15. The Bertz CT molecular complexity index is 841. The largest absolute Gasteiger partial charge is 0.421 e. The zero-order chi connectivity index (χ0) is 16.8. The van der Waals surface area contributed by atoms with E-state index >= 15 is 0 Å². The molecule has 0 radical (unpaired) electrons. The van der Waals surface area contributed by atoms with E-state index in [0.29, 0.717) is 11.3 Å². The first kappa shape index (κ1) is 16.2. The molecule has 3 aromatic carbocycles. The van der Waals surface area contributed by atoms with Crippen molar-refractivity contribution in [2.24, 2.45) is 0 Å². The summed E-state index contributed by atoms with van der Waals surface area (Å²) in [7, 11) is 0. The summed E-state index contributed by atoms with van der Waals surface area (Å²) in [5, 5.41) is 0. The van der Waals surface area contributed by atoms with Crippen molar-refractivity contribution < 1.29 is 9.53 Å². The number of hydrogen-bond acceptors (Lipinski definition) is 2. The average Bonchev–Trinajstić information content (AvgIpc) is 2.67. The van der Waals surface area contributed by atoms with Gasteiger partial charge in [0.25, 0.3) is 0 Å². The van der Waals surface area contributed by atoms with Gasteiger partial charge in [-0.3, -0.25) is 0 Å². The van der Waals surface area contributed by atoms with Crippen molar-refractivity contribution in [3.05, 3.63) is 108 Å². The molecule has 3 aromatic rings. The Morgan fingerprint density at radius 1 is 0.625 bits per heavy atom. The number of carbonyl (C=O) groups excluding carboxylic acids is 1. The molecule has 0 amide bonds.